The Kier molecular flexibility index (Phi) is 13.0. The molecule has 4 aromatic carbocycles. The van der Waals surface area contributed by atoms with E-state index in [1.165, 1.54) is 37.3 Å². The first-order chi connectivity index (χ1) is 23.4. The molecule has 0 fully saturated rings. The van der Waals surface area contributed by atoms with Crippen molar-refractivity contribution in [2.24, 2.45) is 0 Å². The van der Waals surface area contributed by atoms with Crippen LogP contribution in [0.4, 0.5) is 5.69 Å². The Morgan fingerprint density at radius 2 is 1.49 bits per heavy atom. The van der Waals surface area contributed by atoms with Crippen molar-refractivity contribution < 1.29 is 27.5 Å². The van der Waals surface area contributed by atoms with Gasteiger partial charge in [0, 0.05) is 40.7 Å². The maximum Gasteiger partial charge on any atom is 0.264 e. The van der Waals surface area contributed by atoms with Crippen LogP contribution in [0.25, 0.3) is 0 Å². The van der Waals surface area contributed by atoms with Gasteiger partial charge < -0.3 is 19.7 Å². The van der Waals surface area contributed by atoms with E-state index in [1.54, 1.807) is 42.5 Å². The number of hydrogen-bond acceptors (Lipinski definition) is 6. The van der Waals surface area contributed by atoms with Crippen molar-refractivity contribution >= 4 is 50.7 Å². The van der Waals surface area contributed by atoms with Crippen LogP contribution in [0, 0.1) is 6.92 Å². The van der Waals surface area contributed by atoms with E-state index < -0.39 is 28.5 Å². The monoisotopic (exact) mass is 725 g/mol. The quantitative estimate of drug-likeness (QED) is 0.141. The summed E-state index contributed by atoms with van der Waals surface area (Å²) < 4.78 is 40.6. The molecule has 0 aliphatic rings. The third kappa shape index (κ3) is 9.26. The van der Waals surface area contributed by atoms with Crippen LogP contribution < -0.4 is 19.1 Å². The minimum absolute atomic E-state index is 0.116. The summed E-state index contributed by atoms with van der Waals surface area (Å²) in [6, 6.07) is 24.1. The smallest absolute Gasteiger partial charge is 0.264 e. The Hall–Kier alpha value is -4.25. The fraction of sp³-hybridized carbons (Fsp3) is 0.297. The van der Waals surface area contributed by atoms with E-state index in [0.29, 0.717) is 27.8 Å². The van der Waals surface area contributed by atoms with Crippen molar-refractivity contribution in [1.82, 2.24) is 10.2 Å². The molecular weight excluding hydrogens is 685 g/mol. The van der Waals surface area contributed by atoms with E-state index in [0.717, 1.165) is 15.4 Å². The lowest BCUT2D eigenvalue weighted by Gasteiger charge is -2.34. The van der Waals surface area contributed by atoms with Gasteiger partial charge in [0.1, 0.15) is 12.6 Å². The number of anilines is 1. The second kappa shape index (κ2) is 16.9. The molecule has 1 N–H and O–H groups in total. The summed E-state index contributed by atoms with van der Waals surface area (Å²) in [5.74, 6) is -0.475. The van der Waals surface area contributed by atoms with Gasteiger partial charge in [0.05, 0.1) is 24.8 Å². The average molecular weight is 727 g/mol. The first kappa shape index (κ1) is 37.6. The van der Waals surface area contributed by atoms with Gasteiger partial charge >= 0.3 is 0 Å². The summed E-state index contributed by atoms with van der Waals surface area (Å²) in [6.07, 6.45) is 0.822. The highest BCUT2D eigenvalue weighted by atomic mass is 35.5. The Labute approximate surface area is 298 Å². The predicted octanol–water partition coefficient (Wildman–Crippen LogP) is 7.07. The van der Waals surface area contributed by atoms with Gasteiger partial charge in [-0.25, -0.2) is 8.42 Å². The molecular formula is C37H41Cl2N3O6S. The number of hydrogen-bond donors (Lipinski definition) is 1. The minimum Gasteiger partial charge on any atom is -0.493 e. The molecule has 0 spiro atoms. The molecule has 0 saturated heterocycles. The highest BCUT2D eigenvalue weighted by molar-refractivity contribution is 7.92. The summed E-state index contributed by atoms with van der Waals surface area (Å²) in [4.78, 5) is 30.0. The molecule has 9 nitrogen and oxygen atoms in total. The van der Waals surface area contributed by atoms with Gasteiger partial charge in [-0.1, -0.05) is 84.2 Å². The molecule has 0 unspecified atom stereocenters. The number of ether oxygens (including phenoxy) is 2. The van der Waals surface area contributed by atoms with Gasteiger partial charge in [-0.05, 0) is 62.2 Å². The number of nitrogens with zero attached hydrogens (tertiary/aromatic N) is 2. The molecule has 0 heterocycles. The van der Waals surface area contributed by atoms with Crippen LogP contribution in [-0.2, 0) is 32.6 Å². The number of rotatable bonds is 15. The summed E-state index contributed by atoms with van der Waals surface area (Å²) in [7, 11) is -1.51. The summed E-state index contributed by atoms with van der Waals surface area (Å²) >= 11 is 13.2. The zero-order chi connectivity index (χ0) is 35.7. The summed E-state index contributed by atoms with van der Waals surface area (Å²) in [6.45, 7) is 4.91. The number of halogens is 2. The van der Waals surface area contributed by atoms with Crippen molar-refractivity contribution in [2.75, 3.05) is 25.1 Å². The number of sulfonamides is 1. The first-order valence-corrected chi connectivity index (χ1v) is 18.0. The van der Waals surface area contributed by atoms with E-state index in [4.69, 9.17) is 32.7 Å². The number of carbonyl (C=O) groups excluding carboxylic acids is 2. The van der Waals surface area contributed by atoms with Crippen LogP contribution in [0.2, 0.25) is 10.0 Å². The number of aryl methyl sites for hydroxylation is 1. The molecule has 0 bridgehead atoms. The predicted molar refractivity (Wildman–Crippen MR) is 194 cm³/mol. The standard InChI is InChI=1S/C37H41Cl2N3O6S/c1-6-26(3)40-37(44)33(21-27-11-8-7-9-12-27)41(23-30-31(38)13-10-14-32(30)39)36(43)24-42(28-17-15-25(2)16-18-28)49(45,46)29-19-20-34(47-4)35(22-29)48-5/h7-20,22,26,33H,6,21,23-24H2,1-5H3,(H,40,44)/t26-,33+/m0/s1. The van der Waals surface area contributed by atoms with Crippen LogP contribution in [0.15, 0.2) is 95.9 Å². The van der Waals surface area contributed by atoms with Crippen LogP contribution in [0.3, 0.4) is 0 Å². The summed E-state index contributed by atoms with van der Waals surface area (Å²) in [5.41, 5.74) is 2.40. The molecule has 0 saturated carbocycles. The topological polar surface area (TPSA) is 105 Å². The highest BCUT2D eigenvalue weighted by Gasteiger charge is 2.36. The van der Waals surface area contributed by atoms with Gasteiger partial charge in [-0.3, -0.25) is 13.9 Å². The fourth-order valence-corrected chi connectivity index (χ4v) is 7.14. The lowest BCUT2D eigenvalue weighted by atomic mass is 10.0. The molecule has 12 heteroatoms. The second-order valence-corrected chi connectivity index (χ2v) is 14.3. The second-order valence-electron chi connectivity index (χ2n) is 11.6. The molecule has 2 atom stereocenters. The lowest BCUT2D eigenvalue weighted by Crippen LogP contribution is -2.54. The zero-order valence-electron chi connectivity index (χ0n) is 28.2. The SMILES string of the molecule is CC[C@H](C)NC(=O)[C@@H](Cc1ccccc1)N(Cc1c(Cl)cccc1Cl)C(=O)CN(c1ccc(C)cc1)S(=O)(=O)c1ccc(OC)c(OC)c1. The van der Waals surface area contributed by atoms with Crippen molar-refractivity contribution in [2.45, 2.75) is 57.1 Å². The molecule has 4 rings (SSSR count). The largest absolute Gasteiger partial charge is 0.493 e. The van der Waals surface area contributed by atoms with Crippen molar-refractivity contribution in [3.05, 3.63) is 118 Å². The first-order valence-electron chi connectivity index (χ1n) is 15.8. The Balaban J connectivity index is 1.86. The molecule has 0 aromatic heterocycles. The average Bonchev–Trinajstić information content (AvgIpc) is 3.10. The van der Waals surface area contributed by atoms with E-state index in [2.05, 4.69) is 5.32 Å². The molecule has 0 aliphatic carbocycles. The number of carbonyl (C=O) groups is 2. The normalized spacial score (nSPS) is 12.5. The Bertz CT molecular complexity index is 1840. The highest BCUT2D eigenvalue weighted by Crippen LogP contribution is 2.33. The Morgan fingerprint density at radius 3 is 2.08 bits per heavy atom. The van der Waals surface area contributed by atoms with Crippen molar-refractivity contribution in [3.63, 3.8) is 0 Å². The number of benzene rings is 4. The van der Waals surface area contributed by atoms with Crippen LogP contribution in [0.5, 0.6) is 11.5 Å². The molecule has 0 radical (unpaired) electrons. The maximum absolute atomic E-state index is 14.7. The Morgan fingerprint density at radius 1 is 0.857 bits per heavy atom. The molecule has 260 valence electrons. The van der Waals surface area contributed by atoms with Crippen LogP contribution in [0.1, 0.15) is 37.0 Å². The fourth-order valence-electron chi connectivity index (χ4n) is 5.19. The van der Waals surface area contributed by atoms with Gasteiger partial charge in [-0.15, -0.1) is 0 Å². The van der Waals surface area contributed by atoms with E-state index in [1.807, 2.05) is 51.1 Å². The third-order valence-corrected chi connectivity index (χ3v) is 10.7. The van der Waals surface area contributed by atoms with Crippen molar-refractivity contribution in [1.29, 1.82) is 0 Å². The summed E-state index contributed by atoms with van der Waals surface area (Å²) in [5, 5.41) is 3.62. The van der Waals surface area contributed by atoms with Crippen molar-refractivity contribution in [3.8, 4) is 11.5 Å². The molecule has 2 amide bonds. The number of nitrogens with one attached hydrogen (secondary N) is 1. The van der Waals surface area contributed by atoms with E-state index >= 15 is 0 Å². The van der Waals surface area contributed by atoms with Gasteiger partial charge in [0.2, 0.25) is 11.8 Å². The minimum atomic E-state index is -4.37. The van der Waals surface area contributed by atoms with Crippen LogP contribution in [-0.4, -0.2) is 58.0 Å². The zero-order valence-corrected chi connectivity index (χ0v) is 30.5. The van der Waals surface area contributed by atoms with Gasteiger partial charge in [0.25, 0.3) is 10.0 Å². The molecule has 49 heavy (non-hydrogen) atoms. The van der Waals surface area contributed by atoms with E-state index in [9.17, 15) is 18.0 Å². The number of methoxy groups -OCH3 is 2. The van der Waals surface area contributed by atoms with Crippen LogP contribution >= 0.6 is 23.2 Å². The van der Waals surface area contributed by atoms with Gasteiger partial charge in [0.15, 0.2) is 11.5 Å². The molecule has 4 aromatic rings. The van der Waals surface area contributed by atoms with E-state index in [-0.39, 0.29) is 41.2 Å². The number of amides is 2. The van der Waals surface area contributed by atoms with Gasteiger partial charge in [-0.2, -0.15) is 0 Å². The maximum atomic E-state index is 14.7. The lowest BCUT2D eigenvalue weighted by molar-refractivity contribution is -0.140. The third-order valence-electron chi connectivity index (χ3n) is 8.21. The molecule has 0 aliphatic heterocycles.